The van der Waals surface area contributed by atoms with Gasteiger partial charge in [0.15, 0.2) is 6.04 Å². The molecule has 1 N–H and O–H groups in total. The molecule has 0 fully saturated rings. The summed E-state index contributed by atoms with van der Waals surface area (Å²) in [7, 11) is 1.30. The fraction of sp³-hybridized carbons (Fsp3) is 0.385. The number of rotatable bonds is 4. The highest BCUT2D eigenvalue weighted by Crippen LogP contribution is 2.15. The summed E-state index contributed by atoms with van der Waals surface area (Å²) in [6.45, 7) is 3.43. The van der Waals surface area contributed by atoms with E-state index in [1.807, 2.05) is 24.3 Å². The predicted molar refractivity (Wildman–Crippen MR) is 64.4 cm³/mol. The van der Waals surface area contributed by atoms with E-state index in [0.29, 0.717) is 0 Å². The molecule has 92 valence electrons. The first-order chi connectivity index (χ1) is 8.08. The van der Waals surface area contributed by atoms with Gasteiger partial charge in [-0.05, 0) is 17.5 Å². The molecule has 1 aromatic rings. The van der Waals surface area contributed by atoms with Crippen molar-refractivity contribution >= 4 is 11.9 Å². The first-order valence-electron chi connectivity index (χ1n) is 5.52. The number of benzene rings is 1. The third-order valence-corrected chi connectivity index (χ3v) is 2.51. The van der Waals surface area contributed by atoms with Crippen LogP contribution in [0.15, 0.2) is 24.3 Å². The zero-order chi connectivity index (χ0) is 12.8. The molecule has 4 heteroatoms. The average Bonchev–Trinajstić information content (AvgIpc) is 2.35. The van der Waals surface area contributed by atoms with E-state index in [9.17, 15) is 9.59 Å². The van der Waals surface area contributed by atoms with E-state index >= 15 is 0 Å². The highest BCUT2D eigenvalue weighted by molar-refractivity contribution is 5.84. The number of nitrogens with one attached hydrogen (secondary N) is 1. The SMILES string of the molecule is CCc1ccc(C(NC(C)=O)C(=O)OC)cc1. The number of aryl methyl sites for hydroxylation is 1. The molecule has 0 aliphatic rings. The van der Waals surface area contributed by atoms with Gasteiger partial charge in [0.05, 0.1) is 7.11 Å². The standard InChI is InChI=1S/C13H17NO3/c1-4-10-5-7-11(8-6-10)12(13(16)17-3)14-9(2)15/h5-8,12H,4H2,1-3H3,(H,14,15). The van der Waals surface area contributed by atoms with Gasteiger partial charge in [0.25, 0.3) is 0 Å². The first kappa shape index (κ1) is 13.2. The van der Waals surface area contributed by atoms with Crippen LogP contribution in [0.2, 0.25) is 0 Å². The molecule has 0 spiro atoms. The van der Waals surface area contributed by atoms with E-state index in [4.69, 9.17) is 0 Å². The minimum atomic E-state index is -0.733. The van der Waals surface area contributed by atoms with Crippen molar-refractivity contribution in [1.82, 2.24) is 5.32 Å². The van der Waals surface area contributed by atoms with Gasteiger partial charge >= 0.3 is 5.97 Å². The summed E-state index contributed by atoms with van der Waals surface area (Å²) in [6.07, 6.45) is 0.934. The fourth-order valence-corrected chi connectivity index (χ4v) is 1.55. The largest absolute Gasteiger partial charge is 0.467 e. The molecule has 0 aromatic heterocycles. The predicted octanol–water partition coefficient (Wildman–Crippen LogP) is 1.60. The van der Waals surface area contributed by atoms with Crippen molar-refractivity contribution in [2.24, 2.45) is 0 Å². The lowest BCUT2D eigenvalue weighted by Gasteiger charge is -2.16. The molecule has 1 amide bonds. The van der Waals surface area contributed by atoms with Crippen LogP contribution in [-0.2, 0) is 20.7 Å². The number of hydrogen-bond donors (Lipinski definition) is 1. The van der Waals surface area contributed by atoms with Crippen LogP contribution < -0.4 is 5.32 Å². The number of ether oxygens (including phenoxy) is 1. The van der Waals surface area contributed by atoms with E-state index in [1.54, 1.807) is 0 Å². The highest BCUT2D eigenvalue weighted by Gasteiger charge is 2.21. The van der Waals surface area contributed by atoms with Crippen LogP contribution in [0.5, 0.6) is 0 Å². The van der Waals surface area contributed by atoms with E-state index < -0.39 is 12.0 Å². The van der Waals surface area contributed by atoms with Gasteiger partial charge < -0.3 is 10.1 Å². The normalized spacial score (nSPS) is 11.7. The summed E-state index contributed by atoms with van der Waals surface area (Å²) in [4.78, 5) is 22.6. The third kappa shape index (κ3) is 3.59. The summed E-state index contributed by atoms with van der Waals surface area (Å²) < 4.78 is 4.67. The third-order valence-electron chi connectivity index (χ3n) is 2.51. The summed E-state index contributed by atoms with van der Waals surface area (Å²) >= 11 is 0. The van der Waals surface area contributed by atoms with Crippen LogP contribution in [0, 0.1) is 0 Å². The summed E-state index contributed by atoms with van der Waals surface area (Å²) in [5.74, 6) is -0.732. The van der Waals surface area contributed by atoms with Crippen molar-refractivity contribution < 1.29 is 14.3 Å². The molecule has 1 unspecified atom stereocenters. The molecule has 0 bridgehead atoms. The zero-order valence-electron chi connectivity index (χ0n) is 10.3. The smallest absolute Gasteiger partial charge is 0.333 e. The maximum Gasteiger partial charge on any atom is 0.333 e. The maximum absolute atomic E-state index is 11.6. The Balaban J connectivity index is 2.95. The Morgan fingerprint density at radius 1 is 1.29 bits per heavy atom. The molecule has 0 aliphatic heterocycles. The van der Waals surface area contributed by atoms with E-state index in [-0.39, 0.29) is 5.91 Å². The van der Waals surface area contributed by atoms with Crippen molar-refractivity contribution in [3.8, 4) is 0 Å². The van der Waals surface area contributed by atoms with Gasteiger partial charge in [-0.1, -0.05) is 31.2 Å². The maximum atomic E-state index is 11.6. The number of amides is 1. The van der Waals surface area contributed by atoms with Gasteiger partial charge in [0.2, 0.25) is 5.91 Å². The van der Waals surface area contributed by atoms with Gasteiger partial charge in [0.1, 0.15) is 0 Å². The molecule has 17 heavy (non-hydrogen) atoms. The number of hydrogen-bond acceptors (Lipinski definition) is 3. The summed E-state index contributed by atoms with van der Waals surface area (Å²) in [5, 5.41) is 2.57. The number of methoxy groups -OCH3 is 1. The van der Waals surface area contributed by atoms with Crippen molar-refractivity contribution in [3.05, 3.63) is 35.4 Å². The number of esters is 1. The van der Waals surface area contributed by atoms with Crippen molar-refractivity contribution in [2.45, 2.75) is 26.3 Å². The molecular formula is C13H17NO3. The Bertz CT molecular complexity index is 398. The Labute approximate surface area is 101 Å². The molecular weight excluding hydrogens is 218 g/mol. The van der Waals surface area contributed by atoms with E-state index in [2.05, 4.69) is 17.0 Å². The first-order valence-corrected chi connectivity index (χ1v) is 5.52. The van der Waals surface area contributed by atoms with Gasteiger partial charge in [-0.15, -0.1) is 0 Å². The van der Waals surface area contributed by atoms with E-state index in [1.165, 1.54) is 19.6 Å². The molecule has 0 heterocycles. The molecule has 0 saturated heterocycles. The second-order valence-corrected chi connectivity index (χ2v) is 3.75. The Morgan fingerprint density at radius 3 is 2.29 bits per heavy atom. The lowest BCUT2D eigenvalue weighted by molar-refractivity contribution is -0.145. The average molecular weight is 235 g/mol. The highest BCUT2D eigenvalue weighted by atomic mass is 16.5. The lowest BCUT2D eigenvalue weighted by atomic mass is 10.0. The van der Waals surface area contributed by atoms with Gasteiger partial charge in [-0.2, -0.15) is 0 Å². The van der Waals surface area contributed by atoms with Crippen molar-refractivity contribution in [1.29, 1.82) is 0 Å². The van der Waals surface area contributed by atoms with Crippen LogP contribution >= 0.6 is 0 Å². The van der Waals surface area contributed by atoms with Gasteiger partial charge in [-0.3, -0.25) is 4.79 Å². The van der Waals surface area contributed by atoms with Gasteiger partial charge in [0, 0.05) is 6.92 Å². The van der Waals surface area contributed by atoms with Gasteiger partial charge in [-0.25, -0.2) is 4.79 Å². The number of carbonyl (C=O) groups excluding carboxylic acids is 2. The van der Waals surface area contributed by atoms with Crippen LogP contribution in [0.4, 0.5) is 0 Å². The molecule has 4 nitrogen and oxygen atoms in total. The monoisotopic (exact) mass is 235 g/mol. The Morgan fingerprint density at radius 2 is 1.88 bits per heavy atom. The van der Waals surface area contributed by atoms with Crippen LogP contribution in [0.25, 0.3) is 0 Å². The van der Waals surface area contributed by atoms with E-state index in [0.717, 1.165) is 12.0 Å². The number of carbonyl (C=O) groups is 2. The molecule has 1 aromatic carbocycles. The summed E-state index contributed by atoms with van der Waals surface area (Å²) in [6, 6.07) is 6.80. The van der Waals surface area contributed by atoms with Crippen molar-refractivity contribution in [3.63, 3.8) is 0 Å². The fourth-order valence-electron chi connectivity index (χ4n) is 1.55. The van der Waals surface area contributed by atoms with Crippen LogP contribution in [0.3, 0.4) is 0 Å². The Kier molecular flexibility index (Phi) is 4.69. The molecule has 0 aliphatic carbocycles. The molecule has 1 rings (SSSR count). The van der Waals surface area contributed by atoms with Crippen LogP contribution in [0.1, 0.15) is 31.0 Å². The minimum Gasteiger partial charge on any atom is -0.467 e. The second kappa shape index (κ2) is 6.03. The molecule has 0 saturated carbocycles. The lowest BCUT2D eigenvalue weighted by Crippen LogP contribution is -2.32. The van der Waals surface area contributed by atoms with Crippen LogP contribution in [-0.4, -0.2) is 19.0 Å². The second-order valence-electron chi connectivity index (χ2n) is 3.75. The summed E-state index contributed by atoms with van der Waals surface area (Å²) in [5.41, 5.74) is 1.91. The molecule has 0 radical (unpaired) electrons. The van der Waals surface area contributed by atoms with Crippen molar-refractivity contribution in [2.75, 3.05) is 7.11 Å². The quantitative estimate of drug-likeness (QED) is 0.806. The topological polar surface area (TPSA) is 55.4 Å². The molecule has 1 atom stereocenters. The zero-order valence-corrected chi connectivity index (χ0v) is 10.3. The minimum absolute atomic E-state index is 0.264. The Hall–Kier alpha value is -1.84.